The molecule has 3 amide bonds. The number of carbonyl (C=O) groups excluding carboxylic acids is 3. The van der Waals surface area contributed by atoms with Crippen LogP contribution in [0.25, 0.3) is 21.7 Å². The van der Waals surface area contributed by atoms with Crippen molar-refractivity contribution < 1.29 is 24.3 Å². The topological polar surface area (TPSA) is 135 Å². The lowest BCUT2D eigenvalue weighted by Gasteiger charge is -2.35. The van der Waals surface area contributed by atoms with E-state index in [-0.39, 0.29) is 31.6 Å². The minimum Gasteiger partial charge on any atom is -0.481 e. The Morgan fingerprint density at radius 1 is 0.843 bits per heavy atom. The monoisotopic (exact) mass is 688 g/mol. The Bertz CT molecular complexity index is 1990. The number of primary amides is 1. The second-order valence-electron chi connectivity index (χ2n) is 13.3. The fourth-order valence-corrected chi connectivity index (χ4v) is 6.78. The van der Waals surface area contributed by atoms with Gasteiger partial charge in [0.25, 0.3) is 5.91 Å². The number of nitrogens with zero attached hydrogens (tertiary/aromatic N) is 2. The summed E-state index contributed by atoms with van der Waals surface area (Å²) in [5.74, 6) is -2.28. The van der Waals surface area contributed by atoms with Crippen LogP contribution in [0.15, 0.2) is 97.2 Å². The van der Waals surface area contributed by atoms with Gasteiger partial charge in [-0.15, -0.1) is 0 Å². The number of carboxylic acids is 1. The summed E-state index contributed by atoms with van der Waals surface area (Å²) in [6.07, 6.45) is 4.74. The molecule has 0 aliphatic heterocycles. The van der Waals surface area contributed by atoms with Crippen LogP contribution in [0.1, 0.15) is 79.4 Å². The third kappa shape index (κ3) is 9.63. The number of benzene rings is 4. The van der Waals surface area contributed by atoms with Gasteiger partial charge in [0.1, 0.15) is 6.04 Å². The number of nitrogens with two attached hydrogens (primary N) is 1. The maximum atomic E-state index is 14.6. The number of aliphatic carboxylic acids is 1. The maximum absolute atomic E-state index is 14.6. The fraction of sp³-hybridized carbons (Fsp3) is 0.333. The number of nitrogens with one attached hydrogen (secondary N) is 1. The first kappa shape index (κ1) is 36.8. The van der Waals surface area contributed by atoms with Crippen molar-refractivity contribution in [3.8, 4) is 0 Å². The van der Waals surface area contributed by atoms with Gasteiger partial charge >= 0.3 is 5.97 Å². The highest BCUT2D eigenvalue weighted by atomic mass is 16.4. The summed E-state index contributed by atoms with van der Waals surface area (Å²) < 4.78 is 2.02. The molecule has 2 atom stereocenters. The number of unbranched alkanes of at least 4 members (excludes halogenated alkanes) is 1. The third-order valence-electron chi connectivity index (χ3n) is 9.48. The predicted molar refractivity (Wildman–Crippen MR) is 201 cm³/mol. The molecule has 0 bridgehead atoms. The molecular formula is C42H48N4O5. The Labute approximate surface area is 299 Å². The van der Waals surface area contributed by atoms with Crippen molar-refractivity contribution in [3.63, 3.8) is 0 Å². The highest BCUT2D eigenvalue weighted by molar-refractivity contribution is 6.08. The molecule has 0 radical (unpaired) electrons. The molecule has 266 valence electrons. The number of hydrogen-bond donors (Lipinski definition) is 3. The Kier molecular flexibility index (Phi) is 12.6. The summed E-state index contributed by atoms with van der Waals surface area (Å²) >= 11 is 0. The number of aromatic nitrogens is 1. The largest absolute Gasteiger partial charge is 0.481 e. The second-order valence-corrected chi connectivity index (χ2v) is 13.3. The second kappa shape index (κ2) is 17.5. The van der Waals surface area contributed by atoms with Gasteiger partial charge in [-0.3, -0.25) is 19.2 Å². The van der Waals surface area contributed by atoms with Crippen LogP contribution in [0.2, 0.25) is 0 Å². The third-order valence-corrected chi connectivity index (χ3v) is 9.48. The molecule has 0 aliphatic rings. The predicted octanol–water partition coefficient (Wildman–Crippen LogP) is 6.87. The van der Waals surface area contributed by atoms with E-state index in [0.29, 0.717) is 31.5 Å². The number of rotatable bonds is 18. The highest BCUT2D eigenvalue weighted by Crippen LogP contribution is 2.25. The molecule has 4 N–H and O–H groups in total. The van der Waals surface area contributed by atoms with Gasteiger partial charge in [-0.1, -0.05) is 105 Å². The molecule has 0 saturated heterocycles. The number of fused-ring (bicyclic) bond motifs is 2. The van der Waals surface area contributed by atoms with E-state index in [0.717, 1.165) is 45.6 Å². The molecule has 0 unspecified atom stereocenters. The molecular weight excluding hydrogens is 640 g/mol. The van der Waals surface area contributed by atoms with E-state index in [4.69, 9.17) is 5.73 Å². The zero-order valence-corrected chi connectivity index (χ0v) is 29.5. The van der Waals surface area contributed by atoms with E-state index in [2.05, 4.69) is 42.6 Å². The van der Waals surface area contributed by atoms with Gasteiger partial charge in [-0.05, 0) is 65.6 Å². The average molecular weight is 689 g/mol. The molecule has 9 heteroatoms. The van der Waals surface area contributed by atoms with Gasteiger partial charge in [-0.2, -0.15) is 0 Å². The van der Waals surface area contributed by atoms with Crippen LogP contribution < -0.4 is 11.1 Å². The quantitative estimate of drug-likeness (QED) is 0.0924. The normalized spacial score (nSPS) is 12.4. The number of amides is 3. The summed E-state index contributed by atoms with van der Waals surface area (Å²) in [6, 6.07) is 28.6. The number of hydrogen-bond acceptors (Lipinski definition) is 4. The number of carboxylic acid groups (broad SMARTS) is 1. The molecule has 5 aromatic rings. The van der Waals surface area contributed by atoms with Crippen molar-refractivity contribution in [1.82, 2.24) is 14.8 Å². The van der Waals surface area contributed by atoms with Gasteiger partial charge in [0.05, 0.1) is 5.56 Å². The molecule has 0 spiro atoms. The van der Waals surface area contributed by atoms with Crippen molar-refractivity contribution in [1.29, 1.82) is 0 Å². The lowest BCUT2D eigenvalue weighted by atomic mass is 9.96. The maximum Gasteiger partial charge on any atom is 0.303 e. The average Bonchev–Trinajstić information content (AvgIpc) is 3.49. The standard InChI is InChI=1S/C42H48N4O5/c1-3-5-22-46(34(26-39(43)47)25-31-19-21-32-23-29(4-2)18-20-33(32)24-31)42(51)37(15-11-17-40(48)49)44-41(50)36-28-45(27-30-12-7-6-8-13-30)38-16-10-9-14-35(36)38/h6-10,12-14,16,18-21,23-24,28,34,37H,3-5,11,15,17,22,25-27H2,1-2H3,(H2,43,47)(H,44,50)(H,48,49)/t34-,37-/m0/s1. The molecule has 0 saturated carbocycles. The van der Waals surface area contributed by atoms with Crippen LogP contribution in [-0.2, 0) is 33.8 Å². The molecule has 5 rings (SSSR count). The lowest BCUT2D eigenvalue weighted by Crippen LogP contribution is -2.53. The van der Waals surface area contributed by atoms with E-state index in [1.54, 1.807) is 11.1 Å². The van der Waals surface area contributed by atoms with E-state index in [9.17, 15) is 24.3 Å². The van der Waals surface area contributed by atoms with Crippen molar-refractivity contribution in [2.24, 2.45) is 5.73 Å². The van der Waals surface area contributed by atoms with Crippen molar-refractivity contribution in [2.45, 2.75) is 83.8 Å². The molecule has 4 aromatic carbocycles. The molecule has 1 aromatic heterocycles. The first-order valence-corrected chi connectivity index (χ1v) is 17.9. The van der Waals surface area contributed by atoms with Crippen LogP contribution in [0.3, 0.4) is 0 Å². The van der Waals surface area contributed by atoms with Gasteiger partial charge in [-0.25, -0.2) is 0 Å². The van der Waals surface area contributed by atoms with Gasteiger partial charge < -0.3 is 25.6 Å². The Morgan fingerprint density at radius 2 is 1.53 bits per heavy atom. The molecule has 0 fully saturated rings. The van der Waals surface area contributed by atoms with E-state index >= 15 is 0 Å². The van der Waals surface area contributed by atoms with Crippen LogP contribution >= 0.6 is 0 Å². The zero-order chi connectivity index (χ0) is 36.3. The smallest absolute Gasteiger partial charge is 0.303 e. The minimum absolute atomic E-state index is 0.0506. The van der Waals surface area contributed by atoms with Crippen LogP contribution in [0.5, 0.6) is 0 Å². The Hall–Kier alpha value is -5.44. The van der Waals surface area contributed by atoms with Crippen molar-refractivity contribution in [2.75, 3.05) is 6.54 Å². The van der Waals surface area contributed by atoms with Gasteiger partial charge in [0.2, 0.25) is 11.8 Å². The van der Waals surface area contributed by atoms with E-state index < -0.39 is 29.9 Å². The summed E-state index contributed by atoms with van der Waals surface area (Å²) in [5.41, 5.74) is 10.4. The summed E-state index contributed by atoms with van der Waals surface area (Å²) in [4.78, 5) is 54.3. The summed E-state index contributed by atoms with van der Waals surface area (Å²) in [5, 5.41) is 15.3. The molecule has 9 nitrogen and oxygen atoms in total. The summed E-state index contributed by atoms with van der Waals surface area (Å²) in [6.45, 7) is 5.07. The van der Waals surface area contributed by atoms with E-state index in [1.165, 1.54) is 5.56 Å². The van der Waals surface area contributed by atoms with Crippen LogP contribution in [0.4, 0.5) is 0 Å². The van der Waals surface area contributed by atoms with Gasteiger partial charge in [0.15, 0.2) is 0 Å². The molecule has 0 aliphatic carbocycles. The first-order valence-electron chi connectivity index (χ1n) is 17.9. The number of carbonyl (C=O) groups is 4. The van der Waals surface area contributed by atoms with Crippen molar-refractivity contribution in [3.05, 3.63) is 119 Å². The minimum atomic E-state index is -1.01. The van der Waals surface area contributed by atoms with Gasteiger partial charge in [0, 0.05) is 49.1 Å². The van der Waals surface area contributed by atoms with Crippen molar-refractivity contribution >= 4 is 45.4 Å². The fourth-order valence-electron chi connectivity index (χ4n) is 6.78. The van der Waals surface area contributed by atoms with E-state index in [1.807, 2.05) is 72.2 Å². The lowest BCUT2D eigenvalue weighted by molar-refractivity contribution is -0.139. The molecule has 51 heavy (non-hydrogen) atoms. The first-order chi connectivity index (χ1) is 24.7. The zero-order valence-electron chi connectivity index (χ0n) is 29.5. The van der Waals surface area contributed by atoms with Crippen LogP contribution in [0, 0.1) is 0 Å². The Balaban J connectivity index is 1.45. The number of aryl methyl sites for hydroxylation is 1. The molecule has 1 heterocycles. The van der Waals surface area contributed by atoms with Crippen LogP contribution in [-0.4, -0.2) is 56.9 Å². The SMILES string of the molecule is CCCCN(C(=O)[C@H](CCCC(=O)O)NC(=O)c1cn(Cc2ccccc2)c2ccccc12)[C@H](CC(N)=O)Cc1ccc2cc(CC)ccc2c1. The Morgan fingerprint density at radius 3 is 2.22 bits per heavy atom. The summed E-state index contributed by atoms with van der Waals surface area (Å²) in [7, 11) is 0. The number of para-hydroxylation sites is 1. The highest BCUT2D eigenvalue weighted by Gasteiger charge is 2.32.